The van der Waals surface area contributed by atoms with Crippen LogP contribution in [0.25, 0.3) is 10.8 Å². The summed E-state index contributed by atoms with van der Waals surface area (Å²) in [6.45, 7) is 6.65. The number of nitrogens with zero attached hydrogens (tertiary/aromatic N) is 1. The number of hydrogen-bond donors (Lipinski definition) is 0. The molecule has 0 fully saturated rings. The summed E-state index contributed by atoms with van der Waals surface area (Å²) < 4.78 is 0. The summed E-state index contributed by atoms with van der Waals surface area (Å²) in [4.78, 5) is 4.08. The smallest absolute Gasteiger partial charge is 0.0353 e. The van der Waals surface area contributed by atoms with E-state index in [2.05, 4.69) is 50.0 Å². The van der Waals surface area contributed by atoms with Gasteiger partial charge in [0.15, 0.2) is 0 Å². The molecule has 0 aliphatic carbocycles. The number of benzene rings is 1. The second kappa shape index (κ2) is 3.09. The van der Waals surface area contributed by atoms with Gasteiger partial charge in [0.25, 0.3) is 0 Å². The van der Waals surface area contributed by atoms with Gasteiger partial charge in [-0.05, 0) is 22.4 Å². The molecule has 1 heterocycles. The van der Waals surface area contributed by atoms with Crippen LogP contribution in [0.2, 0.25) is 0 Å². The molecule has 0 aliphatic heterocycles. The van der Waals surface area contributed by atoms with Crippen LogP contribution < -0.4 is 0 Å². The Morgan fingerprint density at radius 3 is 2.71 bits per heavy atom. The van der Waals surface area contributed by atoms with E-state index in [0.29, 0.717) is 0 Å². The topological polar surface area (TPSA) is 12.9 Å². The van der Waals surface area contributed by atoms with Crippen molar-refractivity contribution in [1.82, 2.24) is 4.98 Å². The van der Waals surface area contributed by atoms with E-state index < -0.39 is 0 Å². The summed E-state index contributed by atoms with van der Waals surface area (Å²) in [6, 6.07) is 9.59. The monoisotopic (exact) mass is 184 g/mol. The van der Waals surface area contributed by atoms with Gasteiger partial charge in [-0.1, -0.05) is 32.9 Å². The summed E-state index contributed by atoms with van der Waals surface area (Å²) in [5, 5.41) is 2.30. The molecule has 0 saturated heterocycles. The van der Waals surface area contributed by atoms with Crippen LogP contribution >= 0.6 is 0 Å². The fraction of sp³-hybridized carbons (Fsp3) is 0.308. The lowest BCUT2D eigenvalue weighted by Gasteiger charge is -2.19. The Bertz CT molecular complexity index is 452. The Labute approximate surface area is 84.8 Å². The molecule has 1 heteroatoms. The normalized spacial score (nSPS) is 11.9. The number of hydrogen-bond acceptors (Lipinski definition) is 1. The molecule has 2 rings (SSSR count). The van der Waals surface area contributed by atoms with Crippen molar-refractivity contribution < 1.29 is 0 Å². The van der Waals surface area contributed by atoms with Gasteiger partial charge < -0.3 is 0 Å². The Balaban J connectivity index is 2.63. The van der Waals surface area contributed by atoms with Crippen molar-refractivity contribution in [2.24, 2.45) is 0 Å². The third-order valence-electron chi connectivity index (χ3n) is 2.43. The summed E-state index contributed by atoms with van der Waals surface area (Å²) in [5.41, 5.74) is 1.54. The van der Waals surface area contributed by atoms with E-state index in [-0.39, 0.29) is 5.41 Å². The molecule has 0 amide bonds. The van der Waals surface area contributed by atoms with Crippen LogP contribution in [0.5, 0.6) is 0 Å². The fourth-order valence-corrected chi connectivity index (χ4v) is 1.49. The number of aromatic nitrogens is 1. The number of fused-ring (bicyclic) bond motifs is 1. The second-order valence-electron chi connectivity index (χ2n) is 4.60. The van der Waals surface area contributed by atoms with E-state index in [1.807, 2.05) is 6.20 Å². The zero-order chi connectivity index (χ0) is 10.2. The molecule has 0 unspecified atom stereocenters. The fourth-order valence-electron chi connectivity index (χ4n) is 1.49. The van der Waals surface area contributed by atoms with Gasteiger partial charge in [-0.2, -0.15) is 0 Å². The van der Waals surface area contributed by atoms with E-state index >= 15 is 0 Å². The summed E-state index contributed by atoms with van der Waals surface area (Å²) in [5.74, 6) is 0. The zero-order valence-electron chi connectivity index (χ0n) is 8.83. The van der Waals surface area contributed by atoms with Gasteiger partial charge in [0.05, 0.1) is 0 Å². The quantitative estimate of drug-likeness (QED) is 0.612. The first-order chi connectivity index (χ1) is 6.57. The maximum atomic E-state index is 4.08. The van der Waals surface area contributed by atoms with Crippen LogP contribution in [0.4, 0.5) is 0 Å². The molecule has 2 aromatic rings. The predicted molar refractivity (Wildman–Crippen MR) is 59.3 cm³/mol. The van der Waals surface area contributed by atoms with Gasteiger partial charge >= 0.3 is 0 Å². The Morgan fingerprint density at radius 2 is 2.00 bits per heavy atom. The summed E-state index contributed by atoms with van der Waals surface area (Å²) in [7, 11) is 0. The van der Waals surface area contributed by atoms with Gasteiger partial charge in [-0.15, -0.1) is 0 Å². The van der Waals surface area contributed by atoms with Gasteiger partial charge in [-0.25, -0.2) is 0 Å². The first kappa shape index (κ1) is 9.20. The van der Waals surface area contributed by atoms with Crippen molar-refractivity contribution in [2.75, 3.05) is 0 Å². The molecular weight excluding hydrogens is 170 g/mol. The highest BCUT2D eigenvalue weighted by Crippen LogP contribution is 2.25. The molecule has 0 saturated carbocycles. The summed E-state index contributed by atoms with van der Waals surface area (Å²) in [6.07, 6.45) is 3.60. The first-order valence-electron chi connectivity index (χ1n) is 4.83. The largest absolute Gasteiger partial charge is 0.263 e. The van der Waals surface area contributed by atoms with Crippen LogP contribution in [0.1, 0.15) is 26.3 Å². The molecule has 0 aliphatic rings. The van der Waals surface area contributed by atoms with E-state index in [4.69, 9.17) is 0 Å². The van der Waals surface area contributed by atoms with Crippen LogP contribution in [-0.2, 0) is 5.41 Å². The molecule has 1 aromatic carbocycles. The number of rotatable bonds is 0. The van der Waals surface area contributed by atoms with Crippen molar-refractivity contribution in [3.63, 3.8) is 0 Å². The van der Waals surface area contributed by atoms with Crippen molar-refractivity contribution in [2.45, 2.75) is 26.2 Å². The van der Waals surface area contributed by atoms with Crippen LogP contribution in [0, 0.1) is 6.07 Å². The minimum Gasteiger partial charge on any atom is -0.263 e. The summed E-state index contributed by atoms with van der Waals surface area (Å²) >= 11 is 0. The minimum atomic E-state index is 0.198. The van der Waals surface area contributed by atoms with Crippen LogP contribution in [0.3, 0.4) is 0 Å². The van der Waals surface area contributed by atoms with Gasteiger partial charge in [0.2, 0.25) is 0 Å². The molecule has 0 atom stereocenters. The van der Waals surface area contributed by atoms with Gasteiger partial charge in [0.1, 0.15) is 0 Å². The van der Waals surface area contributed by atoms with E-state index in [1.54, 1.807) is 6.20 Å². The van der Waals surface area contributed by atoms with E-state index in [1.165, 1.54) is 10.9 Å². The van der Waals surface area contributed by atoms with Crippen LogP contribution in [0.15, 0.2) is 30.6 Å². The molecule has 0 spiro atoms. The Morgan fingerprint density at radius 1 is 1.21 bits per heavy atom. The van der Waals surface area contributed by atoms with Crippen molar-refractivity contribution in [1.29, 1.82) is 0 Å². The van der Waals surface area contributed by atoms with Crippen LogP contribution in [-0.4, -0.2) is 4.98 Å². The lowest BCUT2D eigenvalue weighted by Crippen LogP contribution is -2.10. The third kappa shape index (κ3) is 1.63. The third-order valence-corrected chi connectivity index (χ3v) is 2.43. The maximum Gasteiger partial charge on any atom is 0.0353 e. The molecule has 14 heavy (non-hydrogen) atoms. The Hall–Kier alpha value is -1.37. The lowest BCUT2D eigenvalue weighted by molar-refractivity contribution is 0.591. The standard InChI is InChI=1S/C13H14N/c1-13(2,3)12-5-4-10-6-7-14-9-11(10)8-12/h4-5,7-9H,1-3H3. The average Bonchev–Trinajstić information content (AvgIpc) is 2.16. The molecule has 0 bridgehead atoms. The van der Waals surface area contributed by atoms with Crippen molar-refractivity contribution in [3.05, 3.63) is 42.2 Å². The van der Waals surface area contributed by atoms with Gasteiger partial charge in [-0.3, -0.25) is 4.98 Å². The van der Waals surface area contributed by atoms with Crippen molar-refractivity contribution in [3.8, 4) is 0 Å². The molecule has 1 radical (unpaired) electrons. The molecule has 0 N–H and O–H groups in total. The molecule has 1 nitrogen and oxygen atoms in total. The highest BCUT2D eigenvalue weighted by atomic mass is 14.6. The minimum absolute atomic E-state index is 0.198. The van der Waals surface area contributed by atoms with Gasteiger partial charge in [0, 0.05) is 23.8 Å². The highest BCUT2D eigenvalue weighted by molar-refractivity contribution is 5.81. The first-order valence-corrected chi connectivity index (χ1v) is 4.83. The lowest BCUT2D eigenvalue weighted by atomic mass is 9.86. The van der Waals surface area contributed by atoms with E-state index in [9.17, 15) is 0 Å². The Kier molecular flexibility index (Phi) is 2.03. The SMILES string of the molecule is CC(C)(C)c1ccc2[c]cncc2c1. The van der Waals surface area contributed by atoms with Crippen molar-refractivity contribution >= 4 is 10.8 Å². The average molecular weight is 184 g/mol. The maximum absolute atomic E-state index is 4.08. The highest BCUT2D eigenvalue weighted by Gasteiger charge is 2.13. The molecular formula is C13H14N. The zero-order valence-corrected chi connectivity index (χ0v) is 8.83. The predicted octanol–water partition coefficient (Wildman–Crippen LogP) is 3.33. The molecule has 71 valence electrons. The second-order valence-corrected chi connectivity index (χ2v) is 4.60. The van der Waals surface area contributed by atoms with E-state index in [0.717, 1.165) is 5.39 Å². The molecule has 1 aromatic heterocycles. The number of pyridine rings is 1.